The molecule has 0 bridgehead atoms. The van der Waals surface area contributed by atoms with Crippen LogP contribution in [0.2, 0.25) is 5.02 Å². The lowest BCUT2D eigenvalue weighted by atomic mass is 10.1. The second-order valence-electron chi connectivity index (χ2n) is 4.89. The van der Waals surface area contributed by atoms with Crippen molar-refractivity contribution in [2.45, 2.75) is 6.92 Å². The van der Waals surface area contributed by atoms with Crippen LogP contribution in [0.1, 0.15) is 15.4 Å². The molecule has 0 aliphatic carbocycles. The number of aromatic amines is 2. The van der Waals surface area contributed by atoms with Crippen LogP contribution in [0.4, 0.5) is 5.13 Å². The van der Waals surface area contributed by atoms with Crippen LogP contribution in [-0.2, 0) is 0 Å². The molecule has 1 amide bonds. The van der Waals surface area contributed by atoms with Crippen LogP contribution >= 0.6 is 22.9 Å². The predicted molar refractivity (Wildman–Crippen MR) is 92.9 cm³/mol. The van der Waals surface area contributed by atoms with Crippen molar-refractivity contribution in [3.05, 3.63) is 66.8 Å². The highest BCUT2D eigenvalue weighted by atomic mass is 35.5. The summed E-state index contributed by atoms with van der Waals surface area (Å²) in [7, 11) is 0. The molecule has 24 heavy (non-hydrogen) atoms. The normalized spacial score (nSPS) is 10.6. The Morgan fingerprint density at radius 1 is 1.21 bits per heavy atom. The van der Waals surface area contributed by atoms with Gasteiger partial charge in [0.2, 0.25) is 0 Å². The lowest BCUT2D eigenvalue weighted by Crippen LogP contribution is -2.27. The van der Waals surface area contributed by atoms with E-state index in [1.807, 2.05) is 24.0 Å². The molecule has 0 atom stereocenters. The van der Waals surface area contributed by atoms with Crippen LogP contribution in [0.3, 0.4) is 0 Å². The summed E-state index contributed by atoms with van der Waals surface area (Å²) in [5, 5.41) is 3.56. The lowest BCUT2D eigenvalue weighted by Gasteiger charge is -2.00. The third kappa shape index (κ3) is 3.44. The molecule has 2 aromatic heterocycles. The zero-order valence-electron chi connectivity index (χ0n) is 12.3. The fraction of sp³-hybridized carbons (Fsp3) is 0.0667. The number of carbonyl (C=O) groups excluding carboxylic acids is 1. The monoisotopic (exact) mass is 362 g/mol. The maximum absolute atomic E-state index is 12.1. The molecule has 0 unspecified atom stereocenters. The summed E-state index contributed by atoms with van der Waals surface area (Å²) >= 11 is 7.17. The minimum absolute atomic E-state index is 0.135. The first-order valence-electron chi connectivity index (χ1n) is 6.81. The quantitative estimate of drug-likeness (QED) is 0.664. The fourth-order valence-electron chi connectivity index (χ4n) is 2.08. The molecular weight excluding hydrogens is 352 g/mol. The van der Waals surface area contributed by atoms with Gasteiger partial charge in [-0.25, -0.2) is 9.78 Å². The Balaban J connectivity index is 1.87. The van der Waals surface area contributed by atoms with Crippen molar-refractivity contribution < 1.29 is 4.79 Å². The topological polar surface area (TPSA) is 108 Å². The number of amides is 1. The highest BCUT2D eigenvalue weighted by molar-refractivity contribution is 7.16. The number of aryl methyl sites for hydroxylation is 1. The Labute approximate surface area is 144 Å². The predicted octanol–water partition coefficient (Wildman–Crippen LogP) is 2.40. The molecule has 0 radical (unpaired) electrons. The molecule has 0 aliphatic heterocycles. The lowest BCUT2D eigenvalue weighted by molar-refractivity contribution is 0.102. The number of halogens is 1. The van der Waals surface area contributed by atoms with Gasteiger partial charge in [-0.3, -0.25) is 19.9 Å². The molecule has 0 spiro atoms. The van der Waals surface area contributed by atoms with Gasteiger partial charge in [0.15, 0.2) is 5.13 Å². The number of H-pyrrole nitrogens is 2. The summed E-state index contributed by atoms with van der Waals surface area (Å²) in [4.78, 5) is 44.2. The number of nitrogens with one attached hydrogen (secondary N) is 3. The zero-order valence-corrected chi connectivity index (χ0v) is 13.9. The SMILES string of the molecule is Cc1sc(NC(=O)c2cc(=O)[nH]c(=O)[nH]2)nc1-c1ccc(Cl)cc1. The van der Waals surface area contributed by atoms with E-state index in [-0.39, 0.29) is 5.69 Å². The molecule has 0 fully saturated rings. The van der Waals surface area contributed by atoms with E-state index >= 15 is 0 Å². The molecule has 9 heteroatoms. The number of carbonyl (C=O) groups is 1. The molecule has 3 aromatic rings. The van der Waals surface area contributed by atoms with Gasteiger partial charge in [-0.2, -0.15) is 0 Å². The van der Waals surface area contributed by atoms with E-state index in [4.69, 9.17) is 11.6 Å². The highest BCUT2D eigenvalue weighted by Crippen LogP contribution is 2.31. The molecule has 0 saturated carbocycles. The minimum Gasteiger partial charge on any atom is -0.303 e. The Morgan fingerprint density at radius 3 is 2.58 bits per heavy atom. The Bertz CT molecular complexity index is 992. The largest absolute Gasteiger partial charge is 0.326 e. The smallest absolute Gasteiger partial charge is 0.303 e. The van der Waals surface area contributed by atoms with Crippen LogP contribution in [0.25, 0.3) is 11.3 Å². The van der Waals surface area contributed by atoms with E-state index in [1.165, 1.54) is 11.3 Å². The van der Waals surface area contributed by atoms with E-state index in [9.17, 15) is 14.4 Å². The van der Waals surface area contributed by atoms with Crippen molar-refractivity contribution in [1.29, 1.82) is 0 Å². The Hall–Kier alpha value is -2.71. The summed E-state index contributed by atoms with van der Waals surface area (Å²) in [5.74, 6) is -0.616. The Morgan fingerprint density at radius 2 is 1.92 bits per heavy atom. The summed E-state index contributed by atoms with van der Waals surface area (Å²) < 4.78 is 0. The third-order valence-corrected chi connectivity index (χ3v) is 4.28. The van der Waals surface area contributed by atoms with Gasteiger partial charge in [0, 0.05) is 21.5 Å². The minimum atomic E-state index is -0.746. The van der Waals surface area contributed by atoms with Crippen molar-refractivity contribution in [3.63, 3.8) is 0 Å². The highest BCUT2D eigenvalue weighted by Gasteiger charge is 2.14. The maximum Gasteiger partial charge on any atom is 0.326 e. The first-order valence-corrected chi connectivity index (χ1v) is 8.00. The van der Waals surface area contributed by atoms with Crippen molar-refractivity contribution in [1.82, 2.24) is 15.0 Å². The van der Waals surface area contributed by atoms with Gasteiger partial charge in [0.05, 0.1) is 5.69 Å². The number of benzene rings is 1. The van der Waals surface area contributed by atoms with Crippen molar-refractivity contribution in [3.8, 4) is 11.3 Å². The van der Waals surface area contributed by atoms with Gasteiger partial charge in [0.1, 0.15) is 5.69 Å². The number of nitrogens with zero attached hydrogens (tertiary/aromatic N) is 1. The van der Waals surface area contributed by atoms with Crippen LogP contribution < -0.4 is 16.6 Å². The number of hydrogen-bond donors (Lipinski definition) is 3. The summed E-state index contributed by atoms with van der Waals surface area (Å²) in [6.45, 7) is 1.88. The number of anilines is 1. The average Bonchev–Trinajstić information content (AvgIpc) is 2.87. The van der Waals surface area contributed by atoms with Gasteiger partial charge in [-0.05, 0) is 19.1 Å². The molecule has 0 aliphatic rings. The van der Waals surface area contributed by atoms with E-state index in [2.05, 4.69) is 15.3 Å². The second-order valence-corrected chi connectivity index (χ2v) is 6.53. The van der Waals surface area contributed by atoms with Gasteiger partial charge in [-0.1, -0.05) is 23.7 Å². The van der Waals surface area contributed by atoms with Gasteiger partial charge in [-0.15, -0.1) is 11.3 Å². The number of hydrogen-bond acceptors (Lipinski definition) is 5. The van der Waals surface area contributed by atoms with E-state index in [1.54, 1.807) is 12.1 Å². The van der Waals surface area contributed by atoms with Gasteiger partial charge in [0.25, 0.3) is 11.5 Å². The maximum atomic E-state index is 12.1. The van der Waals surface area contributed by atoms with Crippen molar-refractivity contribution in [2.24, 2.45) is 0 Å². The molecule has 1 aromatic carbocycles. The van der Waals surface area contributed by atoms with Crippen LogP contribution in [0.15, 0.2) is 39.9 Å². The van der Waals surface area contributed by atoms with E-state index in [0.717, 1.165) is 22.2 Å². The van der Waals surface area contributed by atoms with Crippen LogP contribution in [0, 0.1) is 6.92 Å². The molecule has 3 N–H and O–H groups in total. The zero-order chi connectivity index (χ0) is 17.3. The standard InChI is InChI=1S/C15H11ClN4O3S/c1-7-12(8-2-4-9(16)5-3-8)19-15(24-7)20-13(22)10-6-11(21)18-14(23)17-10/h2-6H,1H3,(H,19,20,22)(H2,17,18,21,23). The molecule has 0 saturated heterocycles. The summed E-state index contributed by atoms with van der Waals surface area (Å²) in [5.41, 5.74) is 0.0696. The molecule has 7 nitrogen and oxygen atoms in total. The second kappa shape index (κ2) is 6.42. The summed E-state index contributed by atoms with van der Waals surface area (Å²) in [6, 6.07) is 8.20. The summed E-state index contributed by atoms with van der Waals surface area (Å²) in [6.07, 6.45) is 0. The molecule has 2 heterocycles. The Kier molecular flexibility index (Phi) is 4.32. The molecule has 122 valence electrons. The number of aromatic nitrogens is 3. The van der Waals surface area contributed by atoms with Crippen molar-refractivity contribution >= 4 is 34.0 Å². The average molecular weight is 363 g/mol. The van der Waals surface area contributed by atoms with Crippen molar-refractivity contribution in [2.75, 3.05) is 5.32 Å². The number of thiazole rings is 1. The van der Waals surface area contributed by atoms with E-state index < -0.39 is 17.2 Å². The fourth-order valence-corrected chi connectivity index (χ4v) is 3.04. The molecular formula is C15H11ClN4O3S. The van der Waals surface area contributed by atoms with Crippen LogP contribution in [0.5, 0.6) is 0 Å². The first kappa shape index (κ1) is 16.2. The number of rotatable bonds is 3. The van der Waals surface area contributed by atoms with Gasteiger partial charge < -0.3 is 4.98 Å². The molecule has 3 rings (SSSR count). The third-order valence-electron chi connectivity index (χ3n) is 3.14. The van der Waals surface area contributed by atoms with E-state index in [0.29, 0.717) is 10.2 Å². The van der Waals surface area contributed by atoms with Crippen LogP contribution in [-0.4, -0.2) is 20.9 Å². The van der Waals surface area contributed by atoms with Gasteiger partial charge >= 0.3 is 5.69 Å². The first-order chi connectivity index (χ1) is 11.4.